The number of nitrogens with zero attached hydrogens (tertiary/aromatic N) is 1. The molecule has 158 valence electrons. The summed E-state index contributed by atoms with van der Waals surface area (Å²) in [5, 5.41) is 0.238. The molecule has 1 amide bonds. The Morgan fingerprint density at radius 2 is 1.97 bits per heavy atom. The number of fused-ring (bicyclic) bond motifs is 1. The summed E-state index contributed by atoms with van der Waals surface area (Å²) in [6.45, 7) is 3.92. The number of amides is 1. The highest BCUT2D eigenvalue weighted by atomic mass is 19.2. The fourth-order valence-corrected chi connectivity index (χ4v) is 4.13. The Morgan fingerprint density at radius 1 is 1.20 bits per heavy atom. The molecule has 30 heavy (non-hydrogen) atoms. The molecule has 1 saturated carbocycles. The number of H-pyrrole nitrogens is 1. The lowest BCUT2D eigenvalue weighted by Gasteiger charge is -2.28. The standard InChI is InChI=1S/C14H18F2.C9H7N3O2/c1-9-4-3-5-11(8-9)12-6-7-13(15)14(16)10(12)2;10-9(14)8-7-5(1-3-12-8)11-4-2-6(7)13/h6-7,9,11H,3-5,8H2,1-2H3;1-4H,(H2,10,14)(H,11,13)/t9-,11?;/m1./s1. The normalized spacial score (nSPS) is 18.5. The van der Waals surface area contributed by atoms with Crippen LogP contribution in [0.15, 0.2) is 41.5 Å². The van der Waals surface area contributed by atoms with Gasteiger partial charge in [-0.05, 0) is 54.9 Å². The van der Waals surface area contributed by atoms with Crippen LogP contribution in [0.2, 0.25) is 0 Å². The molecule has 3 N–H and O–H groups in total. The molecule has 0 radical (unpaired) electrons. The Labute approximate surface area is 173 Å². The number of primary amides is 1. The second-order valence-corrected chi connectivity index (χ2v) is 7.83. The van der Waals surface area contributed by atoms with Crippen LogP contribution >= 0.6 is 0 Å². The number of benzene rings is 1. The molecule has 3 aromatic rings. The molecule has 2 heterocycles. The van der Waals surface area contributed by atoms with Gasteiger partial charge in [-0.25, -0.2) is 8.78 Å². The molecule has 2 aromatic heterocycles. The highest BCUT2D eigenvalue weighted by molar-refractivity contribution is 6.03. The summed E-state index contributed by atoms with van der Waals surface area (Å²) in [4.78, 5) is 29.0. The molecule has 0 saturated heterocycles. The van der Waals surface area contributed by atoms with Gasteiger partial charge in [0.1, 0.15) is 5.69 Å². The van der Waals surface area contributed by atoms with Crippen LogP contribution in [-0.2, 0) is 0 Å². The summed E-state index contributed by atoms with van der Waals surface area (Å²) in [6.07, 6.45) is 7.61. The van der Waals surface area contributed by atoms with Gasteiger partial charge in [0, 0.05) is 18.5 Å². The van der Waals surface area contributed by atoms with Gasteiger partial charge >= 0.3 is 0 Å². The first-order chi connectivity index (χ1) is 14.3. The fraction of sp³-hybridized carbons (Fsp3) is 0.348. The number of aromatic amines is 1. The summed E-state index contributed by atoms with van der Waals surface area (Å²) in [5.41, 5.74) is 6.90. The predicted molar refractivity (Wildman–Crippen MR) is 112 cm³/mol. The Balaban J connectivity index is 0.000000172. The summed E-state index contributed by atoms with van der Waals surface area (Å²) >= 11 is 0. The van der Waals surface area contributed by atoms with Crippen molar-refractivity contribution >= 4 is 16.8 Å². The fourth-order valence-electron chi connectivity index (χ4n) is 4.13. The van der Waals surface area contributed by atoms with Crippen molar-refractivity contribution < 1.29 is 13.6 Å². The number of nitrogens with two attached hydrogens (primary N) is 1. The average Bonchev–Trinajstić information content (AvgIpc) is 2.72. The van der Waals surface area contributed by atoms with Crippen molar-refractivity contribution in [1.29, 1.82) is 0 Å². The maximum atomic E-state index is 13.5. The van der Waals surface area contributed by atoms with E-state index in [2.05, 4.69) is 16.9 Å². The SMILES string of the molecule is Cc1c(C2CCC[C@@H](C)C2)ccc(F)c1F.NC(=O)c1nccc2[nH]ccc(=O)c12. The molecule has 1 aliphatic rings. The Morgan fingerprint density at radius 3 is 2.67 bits per heavy atom. The van der Waals surface area contributed by atoms with E-state index in [-0.39, 0.29) is 16.5 Å². The summed E-state index contributed by atoms with van der Waals surface area (Å²) in [6, 6.07) is 5.97. The number of aromatic nitrogens is 2. The van der Waals surface area contributed by atoms with Crippen LogP contribution in [0.25, 0.3) is 10.9 Å². The van der Waals surface area contributed by atoms with Crippen molar-refractivity contribution in [1.82, 2.24) is 9.97 Å². The molecular weight excluding hydrogens is 388 g/mol. The highest BCUT2D eigenvalue weighted by Crippen LogP contribution is 2.37. The van der Waals surface area contributed by atoms with E-state index >= 15 is 0 Å². The number of pyridine rings is 2. The molecule has 7 heteroatoms. The van der Waals surface area contributed by atoms with Crippen LogP contribution in [0, 0.1) is 24.5 Å². The molecule has 1 unspecified atom stereocenters. The first-order valence-corrected chi connectivity index (χ1v) is 10.00. The second-order valence-electron chi connectivity index (χ2n) is 7.83. The minimum atomic E-state index is -0.731. The maximum Gasteiger partial charge on any atom is 0.268 e. The highest BCUT2D eigenvalue weighted by Gasteiger charge is 2.23. The van der Waals surface area contributed by atoms with E-state index in [0.29, 0.717) is 22.9 Å². The molecule has 0 aliphatic heterocycles. The smallest absolute Gasteiger partial charge is 0.268 e. The number of nitrogens with one attached hydrogen (secondary N) is 1. The van der Waals surface area contributed by atoms with E-state index in [1.54, 1.807) is 19.1 Å². The Bertz CT molecular complexity index is 1120. The van der Waals surface area contributed by atoms with Gasteiger partial charge in [0.05, 0.1) is 10.9 Å². The van der Waals surface area contributed by atoms with Crippen molar-refractivity contribution in [2.45, 2.75) is 45.4 Å². The number of carbonyl (C=O) groups excluding carboxylic acids is 1. The molecule has 1 fully saturated rings. The first-order valence-electron chi connectivity index (χ1n) is 10.00. The Kier molecular flexibility index (Phi) is 6.59. The average molecular weight is 413 g/mol. The molecular formula is C23H25F2N3O2. The lowest BCUT2D eigenvalue weighted by Crippen LogP contribution is -2.17. The van der Waals surface area contributed by atoms with Crippen LogP contribution < -0.4 is 11.2 Å². The van der Waals surface area contributed by atoms with Gasteiger partial charge < -0.3 is 10.7 Å². The summed E-state index contributed by atoms with van der Waals surface area (Å²) in [7, 11) is 0. The van der Waals surface area contributed by atoms with E-state index in [0.717, 1.165) is 18.4 Å². The number of halogens is 2. The summed E-state index contributed by atoms with van der Waals surface area (Å²) < 4.78 is 26.5. The number of rotatable bonds is 2. The lowest BCUT2D eigenvalue weighted by molar-refractivity contribution is 0.0997. The van der Waals surface area contributed by atoms with Gasteiger partial charge in [-0.15, -0.1) is 0 Å². The minimum absolute atomic E-state index is 0.00403. The topological polar surface area (TPSA) is 88.8 Å². The van der Waals surface area contributed by atoms with Crippen molar-refractivity contribution in [3.63, 3.8) is 0 Å². The van der Waals surface area contributed by atoms with Crippen molar-refractivity contribution in [3.05, 3.63) is 75.3 Å². The van der Waals surface area contributed by atoms with Crippen molar-refractivity contribution in [2.24, 2.45) is 11.7 Å². The Hall–Kier alpha value is -3.09. The molecule has 0 spiro atoms. The molecule has 0 bridgehead atoms. The number of carbonyl (C=O) groups is 1. The molecule has 4 rings (SSSR count). The third-order valence-electron chi connectivity index (χ3n) is 5.66. The van der Waals surface area contributed by atoms with Crippen LogP contribution in [0.5, 0.6) is 0 Å². The molecule has 1 aliphatic carbocycles. The van der Waals surface area contributed by atoms with E-state index in [9.17, 15) is 18.4 Å². The first kappa shape index (κ1) is 21.6. The maximum absolute atomic E-state index is 13.5. The lowest BCUT2D eigenvalue weighted by atomic mass is 9.77. The van der Waals surface area contributed by atoms with Crippen LogP contribution in [0.1, 0.15) is 60.1 Å². The monoisotopic (exact) mass is 413 g/mol. The minimum Gasteiger partial charge on any atom is -0.364 e. The number of hydrogen-bond donors (Lipinski definition) is 2. The van der Waals surface area contributed by atoms with E-state index in [4.69, 9.17) is 5.73 Å². The van der Waals surface area contributed by atoms with Crippen molar-refractivity contribution in [3.8, 4) is 0 Å². The van der Waals surface area contributed by atoms with E-state index in [1.165, 1.54) is 37.4 Å². The zero-order valence-corrected chi connectivity index (χ0v) is 17.0. The van der Waals surface area contributed by atoms with Gasteiger partial charge in [-0.3, -0.25) is 14.6 Å². The van der Waals surface area contributed by atoms with Gasteiger partial charge in [-0.1, -0.05) is 25.8 Å². The number of hydrogen-bond acceptors (Lipinski definition) is 3. The predicted octanol–water partition coefficient (Wildman–Crippen LogP) is 4.59. The molecule has 5 nitrogen and oxygen atoms in total. The van der Waals surface area contributed by atoms with Gasteiger partial charge in [-0.2, -0.15) is 0 Å². The zero-order valence-electron chi connectivity index (χ0n) is 17.0. The van der Waals surface area contributed by atoms with Crippen LogP contribution in [-0.4, -0.2) is 15.9 Å². The molecule has 1 aromatic carbocycles. The van der Waals surface area contributed by atoms with E-state index in [1.807, 2.05) is 0 Å². The third-order valence-corrected chi connectivity index (χ3v) is 5.66. The van der Waals surface area contributed by atoms with Crippen LogP contribution in [0.3, 0.4) is 0 Å². The molecule has 2 atom stereocenters. The second kappa shape index (κ2) is 9.15. The van der Waals surface area contributed by atoms with E-state index < -0.39 is 17.5 Å². The summed E-state index contributed by atoms with van der Waals surface area (Å²) in [5.74, 6) is -0.988. The quantitative estimate of drug-likeness (QED) is 0.644. The largest absolute Gasteiger partial charge is 0.364 e. The van der Waals surface area contributed by atoms with Gasteiger partial charge in [0.2, 0.25) is 0 Å². The van der Waals surface area contributed by atoms with Gasteiger partial charge in [0.25, 0.3) is 5.91 Å². The third kappa shape index (κ3) is 4.56. The zero-order chi connectivity index (χ0) is 21.8. The van der Waals surface area contributed by atoms with Crippen molar-refractivity contribution in [2.75, 3.05) is 0 Å². The van der Waals surface area contributed by atoms with Crippen LogP contribution in [0.4, 0.5) is 8.78 Å². The van der Waals surface area contributed by atoms with Gasteiger partial charge in [0.15, 0.2) is 17.1 Å².